The van der Waals surface area contributed by atoms with Gasteiger partial charge in [-0.05, 0) is 43.7 Å². The van der Waals surface area contributed by atoms with Crippen LogP contribution in [-0.2, 0) is 6.54 Å². The van der Waals surface area contributed by atoms with Gasteiger partial charge < -0.3 is 10.4 Å². The van der Waals surface area contributed by atoms with Crippen LogP contribution in [0.2, 0.25) is 0 Å². The van der Waals surface area contributed by atoms with Gasteiger partial charge in [-0.15, -0.1) is 11.3 Å². The number of rotatable bonds is 4. The Morgan fingerprint density at radius 2 is 2.11 bits per heavy atom. The van der Waals surface area contributed by atoms with Gasteiger partial charge in [0.25, 0.3) is 0 Å². The van der Waals surface area contributed by atoms with Gasteiger partial charge in [0, 0.05) is 28.4 Å². The molecule has 0 amide bonds. The van der Waals surface area contributed by atoms with Crippen molar-refractivity contribution < 1.29 is 9.50 Å². The highest BCUT2D eigenvalue weighted by molar-refractivity contribution is 7.12. The minimum Gasteiger partial charge on any atom is -0.508 e. The fourth-order valence-corrected chi connectivity index (χ4v) is 2.70. The molecule has 0 saturated carbocycles. The minimum atomic E-state index is -0.411. The lowest BCUT2D eigenvalue weighted by molar-refractivity contribution is 0.466. The van der Waals surface area contributed by atoms with Crippen LogP contribution in [0.3, 0.4) is 0 Å². The minimum absolute atomic E-state index is 0.0357. The molecule has 2 N–H and O–H groups in total. The average Bonchev–Trinajstić information content (AvgIpc) is 2.71. The van der Waals surface area contributed by atoms with Crippen molar-refractivity contribution in [2.24, 2.45) is 0 Å². The zero-order valence-electron chi connectivity index (χ0n) is 10.4. The normalized spacial score (nSPS) is 12.6. The van der Waals surface area contributed by atoms with Crippen molar-refractivity contribution in [2.75, 3.05) is 0 Å². The van der Waals surface area contributed by atoms with Gasteiger partial charge in [-0.3, -0.25) is 0 Å². The van der Waals surface area contributed by atoms with Crippen LogP contribution in [0.25, 0.3) is 0 Å². The fraction of sp³-hybridized carbons (Fsp3) is 0.286. The molecule has 1 unspecified atom stereocenters. The zero-order valence-corrected chi connectivity index (χ0v) is 11.2. The zero-order chi connectivity index (χ0) is 13.1. The monoisotopic (exact) mass is 265 g/mol. The van der Waals surface area contributed by atoms with Crippen molar-refractivity contribution in [3.8, 4) is 5.75 Å². The first-order valence-corrected chi connectivity index (χ1v) is 6.64. The highest BCUT2D eigenvalue weighted by Crippen LogP contribution is 2.23. The first kappa shape index (κ1) is 13.1. The Labute approximate surface area is 110 Å². The Bertz CT molecular complexity index is 518. The van der Waals surface area contributed by atoms with Crippen LogP contribution in [0.1, 0.15) is 28.3 Å². The average molecular weight is 265 g/mol. The summed E-state index contributed by atoms with van der Waals surface area (Å²) in [5, 5.41) is 12.6. The van der Waals surface area contributed by atoms with Crippen molar-refractivity contribution in [3.63, 3.8) is 0 Å². The predicted octanol–water partition coefficient (Wildman–Crippen LogP) is 3.75. The maximum Gasteiger partial charge on any atom is 0.127 e. The van der Waals surface area contributed by atoms with Crippen molar-refractivity contribution in [1.29, 1.82) is 0 Å². The molecule has 0 bridgehead atoms. The van der Waals surface area contributed by atoms with E-state index in [1.807, 2.05) is 0 Å². The summed E-state index contributed by atoms with van der Waals surface area (Å²) in [6, 6.07) is 8.51. The number of nitrogens with one attached hydrogen (secondary N) is 1. The van der Waals surface area contributed by atoms with Crippen molar-refractivity contribution in [1.82, 2.24) is 5.32 Å². The number of halogens is 1. The second-order valence-corrected chi connectivity index (χ2v) is 5.69. The number of aromatic hydroxyl groups is 1. The Kier molecular flexibility index (Phi) is 3.99. The van der Waals surface area contributed by atoms with Gasteiger partial charge in [0.15, 0.2) is 0 Å². The fourth-order valence-electron chi connectivity index (χ4n) is 1.79. The highest BCUT2D eigenvalue weighted by Gasteiger charge is 2.07. The molecule has 96 valence electrons. The van der Waals surface area contributed by atoms with Crippen LogP contribution in [0, 0.1) is 12.7 Å². The molecular formula is C14H16FNOS. The third-order valence-electron chi connectivity index (χ3n) is 2.74. The van der Waals surface area contributed by atoms with E-state index in [1.165, 1.54) is 15.8 Å². The van der Waals surface area contributed by atoms with Crippen molar-refractivity contribution in [2.45, 2.75) is 26.4 Å². The number of thiophene rings is 1. The Hall–Kier alpha value is -1.39. The molecular weight excluding hydrogens is 249 g/mol. The maximum absolute atomic E-state index is 13.1. The molecule has 1 aromatic carbocycles. The molecule has 2 nitrogen and oxygen atoms in total. The van der Waals surface area contributed by atoms with E-state index in [4.69, 9.17) is 0 Å². The molecule has 0 saturated heterocycles. The van der Waals surface area contributed by atoms with Crippen LogP contribution in [-0.4, -0.2) is 5.11 Å². The standard InChI is InChI=1S/C14H16FNOS/c1-9-3-4-14(18-9)10(2)16-8-11-5-12(15)7-13(17)6-11/h3-7,10,16-17H,8H2,1-2H3. The molecule has 18 heavy (non-hydrogen) atoms. The summed E-state index contributed by atoms with van der Waals surface area (Å²) in [4.78, 5) is 2.54. The lowest BCUT2D eigenvalue weighted by Crippen LogP contribution is -2.17. The first-order chi connectivity index (χ1) is 8.54. The molecule has 0 aliphatic rings. The molecule has 1 heterocycles. The molecule has 2 rings (SSSR count). The van der Waals surface area contributed by atoms with Gasteiger partial charge in [0.1, 0.15) is 11.6 Å². The number of hydrogen-bond acceptors (Lipinski definition) is 3. The SMILES string of the molecule is Cc1ccc(C(C)NCc2cc(O)cc(F)c2)s1. The van der Waals surface area contributed by atoms with Crippen molar-refractivity contribution >= 4 is 11.3 Å². The molecule has 0 radical (unpaired) electrons. The molecule has 4 heteroatoms. The third kappa shape index (κ3) is 3.31. The van der Waals surface area contributed by atoms with E-state index in [1.54, 1.807) is 17.4 Å². The highest BCUT2D eigenvalue weighted by atomic mass is 32.1. The van der Waals surface area contributed by atoms with E-state index in [2.05, 4.69) is 31.3 Å². The second kappa shape index (κ2) is 5.50. The molecule has 2 aromatic rings. The third-order valence-corrected chi connectivity index (χ3v) is 3.93. The number of hydrogen-bond donors (Lipinski definition) is 2. The van der Waals surface area contributed by atoms with Gasteiger partial charge in [0.05, 0.1) is 0 Å². The van der Waals surface area contributed by atoms with E-state index < -0.39 is 5.82 Å². The smallest absolute Gasteiger partial charge is 0.127 e. The Morgan fingerprint density at radius 3 is 2.72 bits per heavy atom. The Morgan fingerprint density at radius 1 is 1.33 bits per heavy atom. The van der Waals surface area contributed by atoms with Crippen LogP contribution in [0.5, 0.6) is 5.75 Å². The number of phenolic OH excluding ortho intramolecular Hbond substituents is 1. The quantitative estimate of drug-likeness (QED) is 0.882. The van der Waals surface area contributed by atoms with E-state index in [-0.39, 0.29) is 11.8 Å². The van der Waals surface area contributed by atoms with Crippen molar-refractivity contribution in [3.05, 3.63) is 51.5 Å². The summed E-state index contributed by atoms with van der Waals surface area (Å²) in [6.07, 6.45) is 0. The molecule has 1 atom stereocenters. The molecule has 0 aliphatic carbocycles. The van der Waals surface area contributed by atoms with E-state index >= 15 is 0 Å². The first-order valence-electron chi connectivity index (χ1n) is 5.83. The molecule has 0 fully saturated rings. The van der Waals surface area contributed by atoms with Crippen LogP contribution in [0.15, 0.2) is 30.3 Å². The largest absolute Gasteiger partial charge is 0.508 e. The molecule has 0 spiro atoms. The Balaban J connectivity index is 1.99. The summed E-state index contributed by atoms with van der Waals surface area (Å²) in [7, 11) is 0. The number of phenols is 1. The summed E-state index contributed by atoms with van der Waals surface area (Å²) in [5.41, 5.74) is 0.743. The van der Waals surface area contributed by atoms with Gasteiger partial charge >= 0.3 is 0 Å². The maximum atomic E-state index is 13.1. The lowest BCUT2D eigenvalue weighted by atomic mass is 10.2. The van der Waals surface area contributed by atoms with Crippen LogP contribution < -0.4 is 5.32 Å². The number of benzene rings is 1. The van der Waals surface area contributed by atoms with Gasteiger partial charge in [0.2, 0.25) is 0 Å². The van der Waals surface area contributed by atoms with Gasteiger partial charge in [-0.1, -0.05) is 0 Å². The van der Waals surface area contributed by atoms with Crippen LogP contribution in [0.4, 0.5) is 4.39 Å². The van der Waals surface area contributed by atoms with E-state index in [0.29, 0.717) is 6.54 Å². The topological polar surface area (TPSA) is 32.3 Å². The van der Waals surface area contributed by atoms with Gasteiger partial charge in [-0.25, -0.2) is 4.39 Å². The van der Waals surface area contributed by atoms with Gasteiger partial charge in [-0.2, -0.15) is 0 Å². The molecule has 0 aliphatic heterocycles. The summed E-state index contributed by atoms with van der Waals surface area (Å²) >= 11 is 1.75. The lowest BCUT2D eigenvalue weighted by Gasteiger charge is -2.12. The van der Waals surface area contributed by atoms with Crippen LogP contribution >= 0.6 is 11.3 Å². The number of aryl methyl sites for hydroxylation is 1. The summed E-state index contributed by atoms with van der Waals surface area (Å²) < 4.78 is 13.1. The second-order valence-electron chi connectivity index (χ2n) is 4.37. The predicted molar refractivity (Wildman–Crippen MR) is 72.4 cm³/mol. The summed E-state index contributed by atoms with van der Waals surface area (Å²) in [5.74, 6) is -0.446. The van der Waals surface area contributed by atoms with E-state index in [9.17, 15) is 9.50 Å². The van der Waals surface area contributed by atoms with E-state index in [0.717, 1.165) is 11.6 Å². The molecule has 1 aromatic heterocycles. The summed E-state index contributed by atoms with van der Waals surface area (Å²) in [6.45, 7) is 4.68.